The van der Waals surface area contributed by atoms with E-state index in [9.17, 15) is 4.79 Å². The molecule has 0 saturated carbocycles. The van der Waals surface area contributed by atoms with Gasteiger partial charge >= 0.3 is 5.97 Å². The van der Waals surface area contributed by atoms with Gasteiger partial charge in [0.05, 0.1) is 6.61 Å². The van der Waals surface area contributed by atoms with Crippen LogP contribution in [0.25, 0.3) is 0 Å². The van der Waals surface area contributed by atoms with E-state index in [1.54, 1.807) is 0 Å². The lowest BCUT2D eigenvalue weighted by atomic mass is 9.99. The quantitative estimate of drug-likeness (QED) is 0.0359. The van der Waals surface area contributed by atoms with E-state index in [4.69, 9.17) is 4.74 Å². The summed E-state index contributed by atoms with van der Waals surface area (Å²) in [4.78, 5) is 12.0. The number of unbranched alkanes of at least 4 members (excludes halogenated alkanes) is 34. The Kier molecular flexibility index (Phi) is 43.7. The second-order valence-corrected chi connectivity index (χ2v) is 16.3. The molecule has 0 rings (SSSR count). The summed E-state index contributed by atoms with van der Waals surface area (Å²) < 4.78 is 5.47. The van der Waals surface area contributed by atoms with Gasteiger partial charge in [0, 0.05) is 6.42 Å². The van der Waals surface area contributed by atoms with Crippen LogP contribution in [-0.4, -0.2) is 12.6 Å². The number of carbonyl (C=O) groups is 1. The molecule has 0 aliphatic carbocycles. The van der Waals surface area contributed by atoms with Crippen LogP contribution in [0.3, 0.4) is 0 Å². The van der Waals surface area contributed by atoms with Gasteiger partial charge in [-0.15, -0.1) is 0 Å². The van der Waals surface area contributed by atoms with Crippen LogP contribution in [0.5, 0.6) is 0 Å². The van der Waals surface area contributed by atoms with E-state index in [0.29, 0.717) is 13.0 Å². The van der Waals surface area contributed by atoms with Gasteiger partial charge in [-0.25, -0.2) is 0 Å². The summed E-state index contributed by atoms with van der Waals surface area (Å²) in [7, 11) is 0. The molecule has 0 amide bonds. The molecule has 0 radical (unpaired) electrons. The fourth-order valence-corrected chi connectivity index (χ4v) is 7.29. The van der Waals surface area contributed by atoms with Crippen molar-refractivity contribution in [1.29, 1.82) is 0 Å². The van der Waals surface area contributed by atoms with E-state index in [1.807, 2.05) is 0 Å². The van der Waals surface area contributed by atoms with E-state index >= 15 is 0 Å². The van der Waals surface area contributed by atoms with Gasteiger partial charge in [-0.1, -0.05) is 245 Å². The first-order chi connectivity index (χ1) is 24.7. The van der Waals surface area contributed by atoms with Crippen LogP contribution in [0.4, 0.5) is 0 Å². The molecule has 0 heterocycles. The number of hydrogen-bond acceptors (Lipinski definition) is 2. The standard InChI is InChI=1S/C48H94O2/c1-4-6-7-8-9-10-11-12-23-27-30-33-36-39-42-45-48(49)50-46-43-40-37-34-31-28-25-22-20-18-16-14-13-15-17-19-21-24-26-29-32-35-38-41-44-47(3)5-2/h12,23,47H,4-11,13-22,24-46H2,1-3H3/b23-12-. The average Bonchev–Trinajstić information content (AvgIpc) is 3.12. The van der Waals surface area contributed by atoms with Crippen LogP contribution in [0.15, 0.2) is 12.2 Å². The summed E-state index contributed by atoms with van der Waals surface area (Å²) in [5.41, 5.74) is 0. The van der Waals surface area contributed by atoms with Crippen LogP contribution < -0.4 is 0 Å². The number of esters is 1. The minimum absolute atomic E-state index is 0.0206. The Morgan fingerprint density at radius 3 is 1.12 bits per heavy atom. The maximum absolute atomic E-state index is 12.0. The predicted molar refractivity (Wildman–Crippen MR) is 225 cm³/mol. The van der Waals surface area contributed by atoms with Crippen LogP contribution in [-0.2, 0) is 9.53 Å². The van der Waals surface area contributed by atoms with Crippen molar-refractivity contribution in [3.63, 3.8) is 0 Å². The van der Waals surface area contributed by atoms with E-state index < -0.39 is 0 Å². The van der Waals surface area contributed by atoms with E-state index in [2.05, 4.69) is 32.9 Å². The maximum atomic E-state index is 12.0. The van der Waals surface area contributed by atoms with Crippen molar-refractivity contribution in [2.45, 2.75) is 278 Å². The monoisotopic (exact) mass is 703 g/mol. The summed E-state index contributed by atoms with van der Waals surface area (Å²) in [5.74, 6) is 0.958. The number of allylic oxidation sites excluding steroid dienone is 2. The second kappa shape index (κ2) is 44.4. The van der Waals surface area contributed by atoms with Crippen molar-refractivity contribution in [2.24, 2.45) is 5.92 Å². The molecule has 0 aromatic rings. The van der Waals surface area contributed by atoms with Crippen LogP contribution >= 0.6 is 0 Å². The first kappa shape index (κ1) is 49.2. The Morgan fingerprint density at radius 2 is 0.740 bits per heavy atom. The molecule has 298 valence electrons. The lowest BCUT2D eigenvalue weighted by Crippen LogP contribution is -2.05. The summed E-state index contributed by atoms with van der Waals surface area (Å²) >= 11 is 0. The molecule has 50 heavy (non-hydrogen) atoms. The summed E-state index contributed by atoms with van der Waals surface area (Å²) in [5, 5.41) is 0. The molecule has 0 bridgehead atoms. The molecule has 2 heteroatoms. The van der Waals surface area contributed by atoms with Gasteiger partial charge < -0.3 is 4.74 Å². The topological polar surface area (TPSA) is 26.3 Å². The first-order valence-electron chi connectivity index (χ1n) is 23.5. The third kappa shape index (κ3) is 43.4. The highest BCUT2D eigenvalue weighted by molar-refractivity contribution is 5.69. The van der Waals surface area contributed by atoms with Gasteiger partial charge in [-0.3, -0.25) is 4.79 Å². The van der Waals surface area contributed by atoms with Crippen molar-refractivity contribution >= 4 is 5.97 Å². The third-order valence-corrected chi connectivity index (χ3v) is 11.2. The van der Waals surface area contributed by atoms with Crippen molar-refractivity contribution in [3.05, 3.63) is 12.2 Å². The zero-order chi connectivity index (χ0) is 36.3. The van der Waals surface area contributed by atoms with Gasteiger partial charge in [0.15, 0.2) is 0 Å². The number of ether oxygens (including phenoxy) is 1. The summed E-state index contributed by atoms with van der Waals surface area (Å²) in [6.07, 6.45) is 58.9. The Bertz CT molecular complexity index is 655. The van der Waals surface area contributed by atoms with Crippen molar-refractivity contribution in [1.82, 2.24) is 0 Å². The van der Waals surface area contributed by atoms with Crippen LogP contribution in [0.1, 0.15) is 278 Å². The Labute approximate surface area is 316 Å². The molecule has 0 saturated heterocycles. The zero-order valence-electron chi connectivity index (χ0n) is 35.0. The molecule has 0 aliphatic rings. The largest absolute Gasteiger partial charge is 0.466 e. The predicted octanol–water partition coefficient (Wildman–Crippen LogP) is 17.4. The molecule has 1 atom stereocenters. The van der Waals surface area contributed by atoms with Gasteiger partial charge in [0.1, 0.15) is 0 Å². The fourth-order valence-electron chi connectivity index (χ4n) is 7.29. The minimum atomic E-state index is 0.0206. The highest BCUT2D eigenvalue weighted by Gasteiger charge is 2.03. The van der Waals surface area contributed by atoms with Crippen molar-refractivity contribution in [2.75, 3.05) is 6.61 Å². The molecular weight excluding hydrogens is 609 g/mol. The lowest BCUT2D eigenvalue weighted by molar-refractivity contribution is -0.143. The van der Waals surface area contributed by atoms with Gasteiger partial charge in [-0.05, 0) is 44.4 Å². The smallest absolute Gasteiger partial charge is 0.305 e. The summed E-state index contributed by atoms with van der Waals surface area (Å²) in [6, 6.07) is 0. The normalized spacial score (nSPS) is 12.3. The highest BCUT2D eigenvalue weighted by atomic mass is 16.5. The molecule has 0 aromatic carbocycles. The summed E-state index contributed by atoms with van der Waals surface area (Å²) in [6.45, 7) is 7.63. The molecule has 1 unspecified atom stereocenters. The van der Waals surface area contributed by atoms with E-state index in [-0.39, 0.29) is 5.97 Å². The highest BCUT2D eigenvalue weighted by Crippen LogP contribution is 2.17. The Balaban J connectivity index is 3.17. The van der Waals surface area contributed by atoms with Crippen molar-refractivity contribution < 1.29 is 9.53 Å². The Morgan fingerprint density at radius 1 is 0.420 bits per heavy atom. The molecular formula is C48H94O2. The zero-order valence-corrected chi connectivity index (χ0v) is 35.0. The van der Waals surface area contributed by atoms with E-state index in [0.717, 1.165) is 25.2 Å². The average molecular weight is 703 g/mol. The maximum Gasteiger partial charge on any atom is 0.305 e. The molecule has 0 aliphatic heterocycles. The fraction of sp³-hybridized carbons (Fsp3) is 0.938. The number of hydrogen-bond donors (Lipinski definition) is 0. The minimum Gasteiger partial charge on any atom is -0.466 e. The Hall–Kier alpha value is -0.790. The second-order valence-electron chi connectivity index (χ2n) is 16.3. The lowest BCUT2D eigenvalue weighted by Gasteiger charge is -2.07. The molecule has 0 spiro atoms. The molecule has 2 nitrogen and oxygen atoms in total. The van der Waals surface area contributed by atoms with Crippen LogP contribution in [0, 0.1) is 5.92 Å². The number of rotatable bonds is 43. The molecule has 0 N–H and O–H groups in total. The SMILES string of the molecule is CCCCCCCC/C=C\CCCCCCCC(=O)OCCCCCCCCCCCCCCCCCCCCCCCCCCC(C)CC. The van der Waals surface area contributed by atoms with Crippen LogP contribution in [0.2, 0.25) is 0 Å². The number of carbonyl (C=O) groups excluding carboxylic acids is 1. The first-order valence-corrected chi connectivity index (χ1v) is 23.5. The third-order valence-electron chi connectivity index (χ3n) is 11.2. The van der Waals surface area contributed by atoms with Gasteiger partial charge in [-0.2, -0.15) is 0 Å². The van der Waals surface area contributed by atoms with E-state index in [1.165, 1.54) is 231 Å². The van der Waals surface area contributed by atoms with Crippen molar-refractivity contribution in [3.8, 4) is 0 Å². The molecule has 0 aromatic heterocycles. The van der Waals surface area contributed by atoms with Gasteiger partial charge in [0.25, 0.3) is 0 Å². The molecule has 0 fully saturated rings. The van der Waals surface area contributed by atoms with Gasteiger partial charge in [0.2, 0.25) is 0 Å².